The van der Waals surface area contributed by atoms with E-state index < -0.39 is 17.7 Å². The Balaban J connectivity index is 2.13. The number of benzene rings is 2. The highest BCUT2D eigenvalue weighted by Gasteiger charge is 2.17. The summed E-state index contributed by atoms with van der Waals surface area (Å²) in [4.78, 5) is 36.1. The smallest absolute Gasteiger partial charge is 0.412 e. The highest BCUT2D eigenvalue weighted by atomic mass is 16.6. The van der Waals surface area contributed by atoms with Gasteiger partial charge < -0.3 is 9.47 Å². The summed E-state index contributed by atoms with van der Waals surface area (Å²) in [6, 6.07) is 11.3. The van der Waals surface area contributed by atoms with E-state index in [1.165, 1.54) is 7.11 Å². The van der Waals surface area contributed by atoms with E-state index in [4.69, 9.17) is 9.47 Å². The van der Waals surface area contributed by atoms with Crippen molar-refractivity contribution in [3.05, 3.63) is 64.7 Å². The molecule has 2 aromatic carbocycles. The van der Waals surface area contributed by atoms with Crippen molar-refractivity contribution in [2.45, 2.75) is 33.3 Å². The number of ketones is 1. The van der Waals surface area contributed by atoms with Gasteiger partial charge in [0.25, 0.3) is 0 Å². The summed E-state index contributed by atoms with van der Waals surface area (Å²) in [5.41, 5.74) is 1.96. The van der Waals surface area contributed by atoms with E-state index in [1.807, 2.05) is 0 Å². The first-order valence-corrected chi connectivity index (χ1v) is 8.44. The maximum absolute atomic E-state index is 12.6. The number of carbonyl (C=O) groups is 3. The minimum atomic E-state index is -0.589. The minimum absolute atomic E-state index is 0.182. The van der Waals surface area contributed by atoms with Gasteiger partial charge in [0.05, 0.1) is 12.7 Å². The number of ether oxygens (including phenoxy) is 2. The summed E-state index contributed by atoms with van der Waals surface area (Å²) in [5, 5.41) is 2.62. The first-order chi connectivity index (χ1) is 12.6. The zero-order valence-corrected chi connectivity index (χ0v) is 16.1. The van der Waals surface area contributed by atoms with Gasteiger partial charge in [0.1, 0.15) is 5.60 Å². The fourth-order valence-corrected chi connectivity index (χ4v) is 2.44. The molecule has 142 valence electrons. The quantitative estimate of drug-likeness (QED) is 0.640. The molecule has 0 unspecified atom stereocenters. The van der Waals surface area contributed by atoms with Crippen molar-refractivity contribution >= 4 is 23.5 Å². The average molecular weight is 369 g/mol. The van der Waals surface area contributed by atoms with Crippen LogP contribution in [0.3, 0.4) is 0 Å². The molecule has 0 aliphatic heterocycles. The molecule has 2 aromatic rings. The Labute approximate surface area is 158 Å². The average Bonchev–Trinajstić information content (AvgIpc) is 2.59. The van der Waals surface area contributed by atoms with Crippen LogP contribution < -0.4 is 5.32 Å². The number of amides is 1. The lowest BCUT2D eigenvalue weighted by Gasteiger charge is -2.19. The lowest BCUT2D eigenvalue weighted by molar-refractivity contribution is 0.0597. The second-order valence-electron chi connectivity index (χ2n) is 7.05. The number of hydrogen-bond acceptors (Lipinski definition) is 5. The van der Waals surface area contributed by atoms with Crippen molar-refractivity contribution < 1.29 is 23.9 Å². The molecular formula is C21H23NO5. The Kier molecular flexibility index (Phi) is 6.00. The molecule has 0 bridgehead atoms. The number of nitrogens with one attached hydrogen (secondary N) is 1. The van der Waals surface area contributed by atoms with Gasteiger partial charge in [-0.05, 0) is 69.7 Å². The van der Waals surface area contributed by atoms with Gasteiger partial charge in [0.2, 0.25) is 0 Å². The molecule has 0 atom stereocenters. The molecule has 1 N–H and O–H groups in total. The van der Waals surface area contributed by atoms with Crippen LogP contribution in [0.5, 0.6) is 0 Å². The summed E-state index contributed by atoms with van der Waals surface area (Å²) in [5.74, 6) is -0.623. The minimum Gasteiger partial charge on any atom is -0.465 e. The zero-order valence-electron chi connectivity index (χ0n) is 16.1. The molecular weight excluding hydrogens is 346 g/mol. The van der Waals surface area contributed by atoms with Gasteiger partial charge in [-0.15, -0.1) is 0 Å². The molecule has 0 heterocycles. The highest BCUT2D eigenvalue weighted by Crippen LogP contribution is 2.18. The number of anilines is 1. The van der Waals surface area contributed by atoms with Crippen LogP contribution in [0.4, 0.5) is 10.5 Å². The van der Waals surface area contributed by atoms with Gasteiger partial charge >= 0.3 is 12.1 Å². The van der Waals surface area contributed by atoms with Crippen LogP contribution in [0, 0.1) is 6.92 Å². The van der Waals surface area contributed by atoms with Gasteiger partial charge in [-0.2, -0.15) is 0 Å². The molecule has 6 nitrogen and oxygen atoms in total. The summed E-state index contributed by atoms with van der Waals surface area (Å²) in [7, 11) is 1.31. The fraction of sp³-hybridized carbons (Fsp3) is 0.286. The molecule has 2 rings (SSSR count). The second kappa shape index (κ2) is 8.03. The molecule has 0 saturated carbocycles. The predicted molar refractivity (Wildman–Crippen MR) is 102 cm³/mol. The van der Waals surface area contributed by atoms with E-state index in [0.717, 1.165) is 0 Å². The molecule has 6 heteroatoms. The van der Waals surface area contributed by atoms with Crippen LogP contribution in [0.15, 0.2) is 42.5 Å². The van der Waals surface area contributed by atoms with Crippen molar-refractivity contribution in [1.82, 2.24) is 0 Å². The number of rotatable bonds is 4. The summed E-state index contributed by atoms with van der Waals surface area (Å²) in [6.45, 7) is 7.09. The van der Waals surface area contributed by atoms with Crippen LogP contribution in [-0.2, 0) is 9.47 Å². The largest absolute Gasteiger partial charge is 0.465 e. The van der Waals surface area contributed by atoms with Crippen molar-refractivity contribution in [1.29, 1.82) is 0 Å². The summed E-state index contributed by atoms with van der Waals surface area (Å²) in [6.07, 6.45) is -0.560. The predicted octanol–water partition coefficient (Wildman–Crippen LogP) is 4.36. The molecule has 0 aliphatic carbocycles. The van der Waals surface area contributed by atoms with Crippen LogP contribution in [0.1, 0.15) is 52.6 Å². The SMILES string of the molecule is COC(=O)c1ccc(C(=O)c2ccc(NC(=O)OC(C)(C)C)cc2)cc1C. The van der Waals surface area contributed by atoms with E-state index in [0.29, 0.717) is 27.9 Å². The summed E-state index contributed by atoms with van der Waals surface area (Å²) < 4.78 is 9.90. The van der Waals surface area contributed by atoms with Gasteiger partial charge in [-0.1, -0.05) is 6.07 Å². The van der Waals surface area contributed by atoms with Crippen LogP contribution >= 0.6 is 0 Å². The molecule has 0 saturated heterocycles. The molecule has 0 aliphatic rings. The third kappa shape index (κ3) is 5.41. The Hall–Kier alpha value is -3.15. The number of hydrogen-bond donors (Lipinski definition) is 1. The zero-order chi connectivity index (χ0) is 20.2. The molecule has 0 spiro atoms. The lowest BCUT2D eigenvalue weighted by atomic mass is 9.98. The summed E-state index contributed by atoms with van der Waals surface area (Å²) >= 11 is 0. The van der Waals surface area contributed by atoms with Crippen molar-refractivity contribution in [2.75, 3.05) is 12.4 Å². The van der Waals surface area contributed by atoms with Crippen molar-refractivity contribution in [3.8, 4) is 0 Å². The second-order valence-corrected chi connectivity index (χ2v) is 7.05. The maximum atomic E-state index is 12.6. The van der Waals surface area contributed by atoms with Gasteiger partial charge in [-0.25, -0.2) is 9.59 Å². The van der Waals surface area contributed by atoms with Crippen molar-refractivity contribution in [3.63, 3.8) is 0 Å². The first-order valence-electron chi connectivity index (χ1n) is 8.44. The van der Waals surface area contributed by atoms with Gasteiger partial charge in [0, 0.05) is 16.8 Å². The molecule has 1 amide bonds. The standard InChI is InChI=1S/C21H23NO5/c1-13-12-15(8-11-17(13)19(24)26-5)18(23)14-6-9-16(10-7-14)22-20(25)27-21(2,3)4/h6-12H,1-5H3,(H,22,25). The Morgan fingerprint density at radius 2 is 1.52 bits per heavy atom. The van der Waals surface area contributed by atoms with Gasteiger partial charge in [0.15, 0.2) is 5.78 Å². The Morgan fingerprint density at radius 1 is 0.926 bits per heavy atom. The van der Waals surface area contributed by atoms with Crippen molar-refractivity contribution in [2.24, 2.45) is 0 Å². The van der Waals surface area contributed by atoms with Crippen LogP contribution in [0.2, 0.25) is 0 Å². The molecule has 0 fully saturated rings. The third-order valence-electron chi connectivity index (χ3n) is 3.69. The number of methoxy groups -OCH3 is 1. The number of aryl methyl sites for hydroxylation is 1. The normalized spacial score (nSPS) is 10.9. The van der Waals surface area contributed by atoms with E-state index in [2.05, 4.69) is 5.32 Å². The molecule has 0 radical (unpaired) electrons. The molecule has 27 heavy (non-hydrogen) atoms. The van der Waals surface area contributed by atoms with E-state index in [1.54, 1.807) is 70.2 Å². The van der Waals surface area contributed by atoms with E-state index in [9.17, 15) is 14.4 Å². The number of esters is 1. The van der Waals surface area contributed by atoms with Crippen LogP contribution in [-0.4, -0.2) is 30.6 Å². The van der Waals surface area contributed by atoms with E-state index >= 15 is 0 Å². The lowest BCUT2D eigenvalue weighted by Crippen LogP contribution is -2.27. The highest BCUT2D eigenvalue weighted by molar-refractivity contribution is 6.09. The van der Waals surface area contributed by atoms with Crippen LogP contribution in [0.25, 0.3) is 0 Å². The third-order valence-corrected chi connectivity index (χ3v) is 3.69. The first kappa shape index (κ1) is 20.2. The monoisotopic (exact) mass is 369 g/mol. The Bertz CT molecular complexity index is 863. The maximum Gasteiger partial charge on any atom is 0.412 e. The Morgan fingerprint density at radius 3 is 2.04 bits per heavy atom. The fourth-order valence-electron chi connectivity index (χ4n) is 2.44. The molecule has 0 aromatic heterocycles. The van der Waals surface area contributed by atoms with E-state index in [-0.39, 0.29) is 5.78 Å². The van der Waals surface area contributed by atoms with Gasteiger partial charge in [-0.3, -0.25) is 10.1 Å². The topological polar surface area (TPSA) is 81.7 Å². The number of carbonyl (C=O) groups excluding carboxylic acids is 3.